The highest BCUT2D eigenvalue weighted by Crippen LogP contribution is 1.90. The third-order valence-corrected chi connectivity index (χ3v) is 1.58. The average Bonchev–Trinajstić information content (AvgIpc) is 2.09. The number of hydrogen-bond acceptors (Lipinski definition) is 3. The van der Waals surface area contributed by atoms with Gasteiger partial charge in [-0.1, -0.05) is 13.8 Å². The van der Waals surface area contributed by atoms with Gasteiger partial charge in [0.25, 0.3) is 5.56 Å². The summed E-state index contributed by atoms with van der Waals surface area (Å²) < 4.78 is 0.934. The summed E-state index contributed by atoms with van der Waals surface area (Å²) in [6.45, 7) is 3.40. The summed E-state index contributed by atoms with van der Waals surface area (Å²) in [5.41, 5.74) is 1.18. The summed E-state index contributed by atoms with van der Waals surface area (Å²) in [5.74, 6) is -0.520. The van der Waals surface area contributed by atoms with E-state index in [1.807, 2.05) is 4.98 Å². The monoisotopic (exact) mass is 215 g/mol. The van der Waals surface area contributed by atoms with Crippen molar-refractivity contribution >= 4 is 5.91 Å². The van der Waals surface area contributed by atoms with E-state index in [0.29, 0.717) is 0 Å². The number of nitrogens with one attached hydrogen (secondary N) is 2. The van der Waals surface area contributed by atoms with Crippen LogP contribution >= 0.6 is 0 Å². The van der Waals surface area contributed by atoms with Crippen molar-refractivity contribution in [3.05, 3.63) is 33.1 Å². The summed E-state index contributed by atoms with van der Waals surface area (Å²) in [6.07, 6.45) is 1.21. The van der Waals surface area contributed by atoms with Crippen LogP contribution in [0.15, 0.2) is 21.9 Å². The minimum absolute atomic E-state index is 0. The second kappa shape index (κ2) is 5.11. The molecule has 0 unspecified atom stereocenters. The molecule has 1 aromatic heterocycles. The van der Waals surface area contributed by atoms with Crippen LogP contribution in [0.5, 0.6) is 0 Å². The second-order valence-electron chi connectivity index (χ2n) is 3.11. The summed E-state index contributed by atoms with van der Waals surface area (Å²) in [4.78, 5) is 35.0. The molecule has 84 valence electrons. The fourth-order valence-electron chi connectivity index (χ4n) is 0.753. The van der Waals surface area contributed by atoms with Crippen LogP contribution < -0.4 is 16.7 Å². The van der Waals surface area contributed by atoms with E-state index in [1.165, 1.54) is 6.20 Å². The minimum atomic E-state index is -0.661. The zero-order chi connectivity index (χ0) is 10.7. The maximum absolute atomic E-state index is 11.2. The van der Waals surface area contributed by atoms with Crippen molar-refractivity contribution in [2.75, 3.05) is 5.43 Å². The lowest BCUT2D eigenvalue weighted by atomic mass is 10.2. The van der Waals surface area contributed by atoms with Crippen molar-refractivity contribution in [3.8, 4) is 0 Å². The van der Waals surface area contributed by atoms with Crippen molar-refractivity contribution in [1.82, 2.24) is 9.66 Å². The normalized spacial score (nSPS) is 9.53. The van der Waals surface area contributed by atoms with E-state index >= 15 is 0 Å². The molecule has 0 atom stereocenters. The summed E-state index contributed by atoms with van der Waals surface area (Å²) in [6, 6.07) is 1.15. The summed E-state index contributed by atoms with van der Waals surface area (Å²) >= 11 is 0. The first-order valence-corrected chi connectivity index (χ1v) is 4.13. The second-order valence-corrected chi connectivity index (χ2v) is 3.11. The lowest BCUT2D eigenvalue weighted by molar-refractivity contribution is -0.119. The van der Waals surface area contributed by atoms with Crippen molar-refractivity contribution in [2.45, 2.75) is 13.8 Å². The fourth-order valence-corrected chi connectivity index (χ4v) is 0.753. The Labute approximate surface area is 85.0 Å². The first kappa shape index (κ1) is 13.1. The van der Waals surface area contributed by atoms with Gasteiger partial charge in [0.2, 0.25) is 5.91 Å². The molecule has 0 aliphatic heterocycles. The predicted octanol–water partition coefficient (Wildman–Crippen LogP) is -1.56. The molecule has 0 spiro atoms. The van der Waals surface area contributed by atoms with Gasteiger partial charge in [-0.3, -0.25) is 20.0 Å². The molecule has 0 saturated heterocycles. The number of amides is 1. The van der Waals surface area contributed by atoms with Crippen LogP contribution in [0.4, 0.5) is 0 Å². The molecule has 1 amide bonds. The molecule has 0 radical (unpaired) electrons. The van der Waals surface area contributed by atoms with Gasteiger partial charge in [-0.15, -0.1) is 0 Å². The van der Waals surface area contributed by atoms with E-state index in [2.05, 4.69) is 5.43 Å². The number of nitrogens with zero attached hydrogens (tertiary/aromatic N) is 1. The number of rotatable bonds is 2. The van der Waals surface area contributed by atoms with Crippen LogP contribution in [0.3, 0.4) is 0 Å². The zero-order valence-electron chi connectivity index (χ0n) is 8.40. The molecule has 7 nitrogen and oxygen atoms in total. The Hall–Kier alpha value is -1.89. The van der Waals surface area contributed by atoms with Gasteiger partial charge in [0.05, 0.1) is 0 Å². The van der Waals surface area contributed by atoms with E-state index < -0.39 is 11.2 Å². The molecule has 1 rings (SSSR count). The number of hydrogen-bond donors (Lipinski definition) is 2. The van der Waals surface area contributed by atoms with Gasteiger partial charge >= 0.3 is 5.69 Å². The first-order chi connectivity index (χ1) is 6.50. The maximum Gasteiger partial charge on any atom is 0.347 e. The Balaban J connectivity index is 0.00000196. The Bertz CT molecular complexity index is 446. The zero-order valence-corrected chi connectivity index (χ0v) is 8.40. The Morgan fingerprint density at radius 2 is 2.07 bits per heavy atom. The quantitative estimate of drug-likeness (QED) is 0.621. The molecule has 1 aromatic rings. The van der Waals surface area contributed by atoms with Gasteiger partial charge in [0.15, 0.2) is 0 Å². The van der Waals surface area contributed by atoms with Crippen LogP contribution in [0.1, 0.15) is 13.8 Å². The molecule has 4 N–H and O–H groups in total. The molecule has 0 saturated carbocycles. The van der Waals surface area contributed by atoms with Crippen LogP contribution in [-0.2, 0) is 4.79 Å². The Kier molecular flexibility index (Phi) is 4.46. The lowest BCUT2D eigenvalue weighted by Crippen LogP contribution is -2.38. The van der Waals surface area contributed by atoms with Gasteiger partial charge in [0, 0.05) is 18.2 Å². The smallest absolute Gasteiger partial charge is 0.347 e. The number of carbonyl (C=O) groups excluding carboxylic acids is 1. The van der Waals surface area contributed by atoms with Crippen LogP contribution in [0, 0.1) is 5.92 Å². The first-order valence-electron chi connectivity index (χ1n) is 4.13. The lowest BCUT2D eigenvalue weighted by Gasteiger charge is -2.08. The summed E-state index contributed by atoms with van der Waals surface area (Å²) in [5, 5.41) is 0. The third-order valence-electron chi connectivity index (χ3n) is 1.58. The van der Waals surface area contributed by atoms with Crippen molar-refractivity contribution in [1.29, 1.82) is 0 Å². The number of aromatic nitrogens is 2. The largest absolute Gasteiger partial charge is 0.412 e. The molecular weight excluding hydrogens is 202 g/mol. The van der Waals surface area contributed by atoms with Crippen molar-refractivity contribution in [2.24, 2.45) is 5.92 Å². The molecule has 1 heterocycles. The highest BCUT2D eigenvalue weighted by molar-refractivity contribution is 5.85. The van der Waals surface area contributed by atoms with Gasteiger partial charge in [0.1, 0.15) is 0 Å². The number of carbonyl (C=O) groups is 1. The molecule has 15 heavy (non-hydrogen) atoms. The van der Waals surface area contributed by atoms with E-state index in [4.69, 9.17) is 0 Å². The van der Waals surface area contributed by atoms with Crippen LogP contribution in [0.25, 0.3) is 0 Å². The Morgan fingerprint density at radius 3 is 2.53 bits per heavy atom. The number of H-pyrrole nitrogens is 1. The molecule has 0 fully saturated rings. The summed E-state index contributed by atoms with van der Waals surface area (Å²) in [7, 11) is 0. The highest BCUT2D eigenvalue weighted by atomic mass is 16.2. The van der Waals surface area contributed by atoms with E-state index in [0.717, 1.165) is 10.7 Å². The standard InChI is InChI=1S/C8H11N3O3.H2O/c1-5(2)7(13)10-11-4-3-6(12)9-8(11)14;/h3-5H,1-2H3,(H,10,13)(H,9,12,14);1H2. The predicted molar refractivity (Wildman–Crippen MR) is 54.1 cm³/mol. The maximum atomic E-state index is 11.2. The molecule has 7 heteroatoms. The average molecular weight is 215 g/mol. The number of aromatic amines is 1. The molecular formula is C8H13N3O4. The van der Waals surface area contributed by atoms with Gasteiger partial charge in [-0.2, -0.15) is 0 Å². The van der Waals surface area contributed by atoms with Crippen LogP contribution in [0.2, 0.25) is 0 Å². The van der Waals surface area contributed by atoms with Crippen molar-refractivity contribution < 1.29 is 10.3 Å². The third kappa shape index (κ3) is 3.39. The molecule has 0 aromatic carbocycles. The van der Waals surface area contributed by atoms with Gasteiger partial charge in [-0.25, -0.2) is 9.47 Å². The van der Waals surface area contributed by atoms with Crippen LogP contribution in [-0.4, -0.2) is 21.0 Å². The fraction of sp³-hybridized carbons (Fsp3) is 0.375. The van der Waals surface area contributed by atoms with Crippen molar-refractivity contribution in [3.63, 3.8) is 0 Å². The van der Waals surface area contributed by atoms with E-state index in [1.54, 1.807) is 13.8 Å². The minimum Gasteiger partial charge on any atom is -0.412 e. The topological polar surface area (TPSA) is 115 Å². The SMILES string of the molecule is CC(C)C(=O)Nn1ccc(=O)[nH]c1=O.O. The molecule has 0 aliphatic rings. The van der Waals surface area contributed by atoms with E-state index in [9.17, 15) is 14.4 Å². The molecule has 0 bridgehead atoms. The Morgan fingerprint density at radius 1 is 1.47 bits per heavy atom. The van der Waals surface area contributed by atoms with Gasteiger partial charge < -0.3 is 5.48 Å². The van der Waals surface area contributed by atoms with E-state index in [-0.39, 0.29) is 17.3 Å². The highest BCUT2D eigenvalue weighted by Gasteiger charge is 2.07. The molecule has 0 aliphatic carbocycles. The van der Waals surface area contributed by atoms with Gasteiger partial charge in [-0.05, 0) is 0 Å².